The lowest BCUT2D eigenvalue weighted by Gasteiger charge is -2.23. The lowest BCUT2D eigenvalue weighted by atomic mass is 10.1. The van der Waals surface area contributed by atoms with Crippen molar-refractivity contribution in [3.05, 3.63) is 102 Å². The lowest BCUT2D eigenvalue weighted by Crippen LogP contribution is -2.33. The van der Waals surface area contributed by atoms with Gasteiger partial charge in [-0.1, -0.05) is 27.2 Å². The smallest absolute Gasteiger partial charge is 0.296 e. The SMILES string of the molecule is CN(CCN(C)c1nc(Cl)nc(Nc2cc(S(=O)(=O)O)cc3cc(SOOO)c(N=Nc4ccc(S(=O)(=O)CCOSOOO)cc4)c(O)c23)n1)c1nc(Cl)nc(Nc2ccc3c(O)c(N=Nc4ccccc4SOOO)c(S(=O)(=O)O)cc3c2)n1. The number of halogens is 2. The van der Waals surface area contributed by atoms with Crippen LogP contribution in [0, 0.1) is 0 Å². The van der Waals surface area contributed by atoms with Gasteiger partial charge in [-0.3, -0.25) is 13.3 Å². The topological polar surface area (TPSA) is 466 Å². The van der Waals surface area contributed by atoms with Crippen molar-refractivity contribution in [2.24, 2.45) is 20.5 Å². The Morgan fingerprint density at radius 1 is 0.605 bits per heavy atom. The lowest BCUT2D eigenvalue weighted by molar-refractivity contribution is -0.434. The van der Waals surface area contributed by atoms with Crippen LogP contribution in [-0.4, -0.2) is 130 Å². The normalized spacial score (nSPS) is 12.2. The highest BCUT2D eigenvalue weighted by molar-refractivity contribution is 7.95. The molecule has 0 saturated heterocycles. The van der Waals surface area contributed by atoms with Crippen LogP contribution in [0.4, 0.5) is 57.9 Å². The van der Waals surface area contributed by atoms with E-state index in [-0.39, 0.29) is 131 Å². The Morgan fingerprint density at radius 2 is 1.22 bits per heavy atom. The molecule has 0 spiro atoms. The standard InChI is InChI=1S/C44H38Cl2N14O20S6/c1-59(43-51-39(45)49-41(53-43)47-25-9-12-28-22(17-25)20-33(86(71,72)73)36(37(28)61)58-56-29-5-3-4-6-31(29)81-78-75-63)13-14-60(2)44-52-40(46)50-42(54-44)48-30-21-27(85(68,69)70)18-23-19-32(82-79-76-64)35(38(62)34(23)30)57-55-24-7-10-26(11-8-24)84(66,67)16-15-74-83-80-77-65/h3-12,17-21,61-65H,13-16H2,1-2H3,(H,68,69,70)(H,71,72,73)(H,47,49,51,53)(H,48,50,52,54). The number of fused-ring (bicyclic) bond motifs is 2. The van der Waals surface area contributed by atoms with Crippen LogP contribution >= 0.6 is 59.6 Å². The molecule has 0 aliphatic heterocycles. The van der Waals surface area contributed by atoms with E-state index in [0.717, 1.165) is 18.2 Å². The largest absolute Gasteiger partial charge is 0.505 e. The first-order chi connectivity index (χ1) is 41.0. The number of hydrogen-bond donors (Lipinski definition) is 9. The number of likely N-dealkylation sites (N-methyl/N-ethyl adjacent to an activating group) is 2. The van der Waals surface area contributed by atoms with Gasteiger partial charge in [0.1, 0.15) is 22.0 Å². The highest BCUT2D eigenvalue weighted by atomic mass is 35.5. The van der Waals surface area contributed by atoms with E-state index in [1.54, 1.807) is 31.1 Å². The molecule has 34 nitrogen and oxygen atoms in total. The molecule has 6 aromatic carbocycles. The molecule has 42 heteroatoms. The summed E-state index contributed by atoms with van der Waals surface area (Å²) in [7, 11) is -10.7. The third kappa shape index (κ3) is 16.5. The van der Waals surface area contributed by atoms with Crippen LogP contribution in [0.1, 0.15) is 0 Å². The summed E-state index contributed by atoms with van der Waals surface area (Å²) in [5.41, 5.74) is -0.718. The highest BCUT2D eigenvalue weighted by Gasteiger charge is 2.26. The predicted octanol–water partition coefficient (Wildman–Crippen LogP) is 10.1. The molecule has 8 aromatic rings. The summed E-state index contributed by atoms with van der Waals surface area (Å²) in [5, 5.41) is 80.9. The van der Waals surface area contributed by atoms with E-state index in [0.29, 0.717) is 24.1 Å². The molecule has 0 unspecified atom stereocenters. The van der Waals surface area contributed by atoms with Gasteiger partial charge in [-0.25, -0.2) is 24.2 Å². The molecule has 2 heterocycles. The van der Waals surface area contributed by atoms with Crippen molar-refractivity contribution in [3.8, 4) is 11.5 Å². The quantitative estimate of drug-likeness (QED) is 0.00549. The van der Waals surface area contributed by atoms with Gasteiger partial charge in [0.15, 0.2) is 33.7 Å². The number of benzene rings is 6. The summed E-state index contributed by atoms with van der Waals surface area (Å²) >= 11 is 13.8. The van der Waals surface area contributed by atoms with Crippen LogP contribution in [0.3, 0.4) is 0 Å². The van der Waals surface area contributed by atoms with E-state index < -0.39 is 62.8 Å². The van der Waals surface area contributed by atoms with Gasteiger partial charge in [0, 0.05) is 43.6 Å². The third-order valence-electron chi connectivity index (χ3n) is 11.3. The minimum atomic E-state index is -5.02. The van der Waals surface area contributed by atoms with Crippen molar-refractivity contribution in [3.63, 3.8) is 0 Å². The molecule has 0 amide bonds. The van der Waals surface area contributed by atoms with Crippen molar-refractivity contribution in [1.29, 1.82) is 0 Å². The number of aromatic nitrogens is 6. The molecule has 0 atom stereocenters. The highest BCUT2D eigenvalue weighted by Crippen LogP contribution is 2.48. The molecule has 0 aliphatic rings. The van der Waals surface area contributed by atoms with Gasteiger partial charge in [0.05, 0.1) is 67.4 Å². The minimum absolute atomic E-state index is 0.0429. The van der Waals surface area contributed by atoms with Crippen molar-refractivity contribution in [2.75, 3.05) is 60.0 Å². The van der Waals surface area contributed by atoms with Crippen LogP contribution in [0.5, 0.6) is 11.5 Å². The van der Waals surface area contributed by atoms with Gasteiger partial charge < -0.3 is 30.6 Å². The van der Waals surface area contributed by atoms with Crippen LogP contribution in [0.2, 0.25) is 10.6 Å². The van der Waals surface area contributed by atoms with E-state index in [1.807, 2.05) is 0 Å². The first-order valence-electron chi connectivity index (χ1n) is 23.2. The average molecular weight is 1350 g/mol. The number of nitrogens with zero attached hydrogens (tertiary/aromatic N) is 12. The molecule has 86 heavy (non-hydrogen) atoms. The maximum atomic E-state index is 12.8. The Balaban J connectivity index is 1.01. The summed E-state index contributed by atoms with van der Waals surface area (Å²) in [6, 6.07) is 19.8. The number of azo groups is 2. The molecule has 2 aromatic heterocycles. The monoisotopic (exact) mass is 1340 g/mol. The predicted molar refractivity (Wildman–Crippen MR) is 307 cm³/mol. The summed E-state index contributed by atoms with van der Waals surface area (Å²) in [4.78, 5) is 27.2. The van der Waals surface area contributed by atoms with Crippen LogP contribution in [-0.2, 0) is 62.4 Å². The van der Waals surface area contributed by atoms with E-state index >= 15 is 0 Å². The summed E-state index contributed by atoms with van der Waals surface area (Å²) in [5.74, 6) is -2.18. The summed E-state index contributed by atoms with van der Waals surface area (Å²) < 4.78 is 114. The van der Waals surface area contributed by atoms with E-state index in [4.69, 9.17) is 43.2 Å². The van der Waals surface area contributed by atoms with Crippen molar-refractivity contribution < 1.29 is 92.6 Å². The first-order valence-corrected chi connectivity index (χ1v) is 30.6. The van der Waals surface area contributed by atoms with Gasteiger partial charge in [0.2, 0.25) is 34.4 Å². The van der Waals surface area contributed by atoms with Gasteiger partial charge in [-0.15, -0.1) is 28.3 Å². The molecule has 0 bridgehead atoms. The number of phenols is 2. The maximum absolute atomic E-state index is 12.8. The third-order valence-corrected chi connectivity index (χ3v) is 16.7. The molecule has 454 valence electrons. The number of rotatable bonds is 28. The summed E-state index contributed by atoms with van der Waals surface area (Å²) in [6.07, 6.45) is 0. The number of phenolic OH excluding ortho intramolecular Hbond substituents is 2. The number of aromatic hydroxyl groups is 2. The van der Waals surface area contributed by atoms with Crippen molar-refractivity contribution in [1.82, 2.24) is 29.9 Å². The maximum Gasteiger partial charge on any atom is 0.296 e. The molecule has 0 radical (unpaired) electrons. The zero-order valence-corrected chi connectivity index (χ0v) is 49.4. The van der Waals surface area contributed by atoms with Gasteiger partial charge in [-0.05, 0) is 113 Å². The fourth-order valence-corrected chi connectivity index (χ4v) is 11.3. The molecule has 8 rings (SSSR count). The average Bonchev–Trinajstić information content (AvgIpc) is 1.01. The van der Waals surface area contributed by atoms with Gasteiger partial charge in [-0.2, -0.15) is 51.9 Å². The Kier molecular flexibility index (Phi) is 21.6. The second-order valence-corrected chi connectivity index (χ2v) is 24.4. The van der Waals surface area contributed by atoms with Gasteiger partial charge >= 0.3 is 0 Å². The van der Waals surface area contributed by atoms with E-state index in [1.165, 1.54) is 65.6 Å². The Morgan fingerprint density at radius 3 is 1.85 bits per heavy atom. The van der Waals surface area contributed by atoms with Crippen molar-refractivity contribution in [2.45, 2.75) is 24.5 Å². The molecule has 0 fully saturated rings. The number of hydrogen-bond acceptors (Lipinski definition) is 35. The van der Waals surface area contributed by atoms with Crippen LogP contribution < -0.4 is 20.4 Å². The molecule has 0 aliphatic carbocycles. The minimum Gasteiger partial charge on any atom is -0.505 e. The zero-order valence-electron chi connectivity index (χ0n) is 43.0. The fraction of sp³-hybridized carbons (Fsp3) is 0.136. The number of anilines is 6. The summed E-state index contributed by atoms with van der Waals surface area (Å²) in [6.45, 7) is -0.0842. The Hall–Kier alpha value is -7.14. The van der Waals surface area contributed by atoms with Gasteiger partial charge in [0.25, 0.3) is 20.2 Å². The number of sulfone groups is 1. The zero-order chi connectivity index (χ0) is 61.9. The second kappa shape index (κ2) is 28.6. The molecular weight excluding hydrogens is 1310 g/mol. The van der Waals surface area contributed by atoms with Crippen LogP contribution in [0.25, 0.3) is 21.5 Å². The first kappa shape index (κ1) is 64.8. The molecule has 9 N–H and O–H groups in total. The van der Waals surface area contributed by atoms with E-state index in [2.05, 4.69) is 89.1 Å². The van der Waals surface area contributed by atoms with E-state index in [9.17, 15) is 44.6 Å². The van der Waals surface area contributed by atoms with Crippen molar-refractivity contribution >= 4 is 169 Å². The van der Waals surface area contributed by atoms with Crippen LogP contribution in [0.15, 0.2) is 136 Å². The number of nitrogens with one attached hydrogen (secondary N) is 2. The Labute approximate surface area is 506 Å². The fourth-order valence-electron chi connectivity index (χ4n) is 7.45. The second-order valence-electron chi connectivity index (χ2n) is 16.8. The Bertz CT molecular complexity index is 4230. The molecule has 0 saturated carbocycles. The molecular formula is C44H38Cl2N14O20S6.